The second-order valence-electron chi connectivity index (χ2n) is 7.13. The molecule has 2 aromatic carbocycles. The summed E-state index contributed by atoms with van der Waals surface area (Å²) in [6, 6.07) is 12.4. The van der Waals surface area contributed by atoms with Crippen LogP contribution in [0.4, 0.5) is 10.1 Å². The van der Waals surface area contributed by atoms with Crippen LogP contribution < -0.4 is 10.9 Å². The van der Waals surface area contributed by atoms with Gasteiger partial charge >= 0.3 is 0 Å². The lowest BCUT2D eigenvalue weighted by atomic mass is 10.1. The van der Waals surface area contributed by atoms with E-state index in [9.17, 15) is 14.0 Å². The van der Waals surface area contributed by atoms with E-state index in [0.29, 0.717) is 32.3 Å². The van der Waals surface area contributed by atoms with Crippen molar-refractivity contribution in [3.8, 4) is 11.3 Å². The number of halogens is 1. The molecule has 158 valence electrons. The van der Waals surface area contributed by atoms with Crippen molar-refractivity contribution in [2.45, 2.75) is 19.0 Å². The minimum Gasteiger partial charge on any atom is -0.325 e. The maximum absolute atomic E-state index is 13.7. The van der Waals surface area contributed by atoms with Gasteiger partial charge in [0.15, 0.2) is 5.16 Å². The lowest BCUT2D eigenvalue weighted by Gasteiger charge is -2.09. The molecule has 2 aromatic heterocycles. The van der Waals surface area contributed by atoms with Crippen LogP contribution >= 0.6 is 23.3 Å². The molecule has 0 spiro atoms. The van der Waals surface area contributed by atoms with E-state index >= 15 is 0 Å². The van der Waals surface area contributed by atoms with Crippen molar-refractivity contribution in [3.05, 3.63) is 69.8 Å². The molecule has 6 nitrogen and oxygen atoms in total. The predicted octanol–water partition coefficient (Wildman–Crippen LogP) is 4.54. The van der Waals surface area contributed by atoms with Gasteiger partial charge in [0, 0.05) is 18.3 Å². The average molecular weight is 455 g/mol. The van der Waals surface area contributed by atoms with Gasteiger partial charge in [-0.25, -0.2) is 9.37 Å². The Balaban J connectivity index is 1.58. The zero-order valence-electron chi connectivity index (χ0n) is 17.1. The van der Waals surface area contributed by atoms with Crippen molar-refractivity contribution >= 4 is 45.1 Å². The average Bonchev–Trinajstić information content (AvgIpc) is 3.17. The SMILES string of the molecule is Cc1ccc(-c2nsc3c(=O)n(C)c(SCC(=O)Nc4ccc(C)c(F)c4)nc23)cc1. The molecule has 0 radical (unpaired) electrons. The molecule has 0 unspecified atom stereocenters. The molecule has 0 bridgehead atoms. The molecular formula is C22H19FN4O2S2. The van der Waals surface area contributed by atoms with E-state index in [0.717, 1.165) is 34.4 Å². The third-order valence-electron chi connectivity index (χ3n) is 4.77. The molecule has 4 aromatic rings. The van der Waals surface area contributed by atoms with Gasteiger partial charge in [-0.15, -0.1) is 0 Å². The van der Waals surface area contributed by atoms with Gasteiger partial charge < -0.3 is 5.32 Å². The Labute approximate surface area is 186 Å². The highest BCUT2D eigenvalue weighted by Gasteiger charge is 2.17. The van der Waals surface area contributed by atoms with Crippen molar-refractivity contribution in [1.82, 2.24) is 13.9 Å². The third kappa shape index (κ3) is 4.38. The van der Waals surface area contributed by atoms with E-state index in [1.54, 1.807) is 26.1 Å². The molecule has 4 rings (SSSR count). The van der Waals surface area contributed by atoms with Crippen molar-refractivity contribution in [2.24, 2.45) is 7.05 Å². The molecule has 31 heavy (non-hydrogen) atoms. The van der Waals surface area contributed by atoms with Gasteiger partial charge in [0.2, 0.25) is 5.91 Å². The number of fused-ring (bicyclic) bond motifs is 1. The molecule has 0 fully saturated rings. The number of amides is 1. The first-order valence-corrected chi connectivity index (χ1v) is 11.2. The molecule has 1 amide bonds. The van der Waals surface area contributed by atoms with Crippen molar-refractivity contribution in [2.75, 3.05) is 11.1 Å². The van der Waals surface area contributed by atoms with E-state index < -0.39 is 0 Å². The Kier molecular flexibility index (Phi) is 5.88. The number of carbonyl (C=O) groups is 1. The maximum Gasteiger partial charge on any atom is 0.273 e. The van der Waals surface area contributed by atoms with Crippen molar-refractivity contribution in [1.29, 1.82) is 0 Å². The highest BCUT2D eigenvalue weighted by Crippen LogP contribution is 2.29. The number of benzene rings is 2. The number of rotatable bonds is 5. The minimum atomic E-state index is -0.381. The lowest BCUT2D eigenvalue weighted by molar-refractivity contribution is -0.113. The topological polar surface area (TPSA) is 76.9 Å². The van der Waals surface area contributed by atoms with Crippen molar-refractivity contribution < 1.29 is 9.18 Å². The Morgan fingerprint density at radius 1 is 1.19 bits per heavy atom. The van der Waals surface area contributed by atoms with Crippen LogP contribution in [-0.4, -0.2) is 25.6 Å². The number of anilines is 1. The second-order valence-corrected chi connectivity index (χ2v) is 8.85. The summed E-state index contributed by atoms with van der Waals surface area (Å²) in [5.41, 5.74) is 3.88. The zero-order valence-corrected chi connectivity index (χ0v) is 18.7. The van der Waals surface area contributed by atoms with Crippen LogP contribution in [-0.2, 0) is 11.8 Å². The summed E-state index contributed by atoms with van der Waals surface area (Å²) in [6.07, 6.45) is 0. The number of nitrogens with one attached hydrogen (secondary N) is 1. The van der Waals surface area contributed by atoms with E-state index in [4.69, 9.17) is 0 Å². The largest absolute Gasteiger partial charge is 0.325 e. The van der Waals surface area contributed by atoms with Gasteiger partial charge in [0.1, 0.15) is 21.7 Å². The highest BCUT2D eigenvalue weighted by molar-refractivity contribution is 7.99. The Bertz CT molecular complexity index is 1350. The molecule has 0 saturated carbocycles. The Hall–Kier alpha value is -3.04. The fraction of sp³-hybridized carbons (Fsp3) is 0.182. The van der Waals surface area contributed by atoms with Crippen LogP contribution in [0.2, 0.25) is 0 Å². The minimum absolute atomic E-state index is 0.0265. The van der Waals surface area contributed by atoms with Gasteiger partial charge in [-0.05, 0) is 43.1 Å². The van der Waals surface area contributed by atoms with E-state index in [2.05, 4.69) is 14.7 Å². The number of aromatic nitrogens is 3. The monoisotopic (exact) mass is 454 g/mol. The number of nitrogens with zero attached hydrogens (tertiary/aromatic N) is 3. The Morgan fingerprint density at radius 2 is 1.94 bits per heavy atom. The van der Waals surface area contributed by atoms with Gasteiger partial charge in [-0.2, -0.15) is 4.37 Å². The number of hydrogen-bond acceptors (Lipinski definition) is 6. The summed E-state index contributed by atoms with van der Waals surface area (Å²) < 4.78 is 20.0. The number of carbonyl (C=O) groups excluding carboxylic acids is 1. The van der Waals surface area contributed by atoms with Gasteiger partial charge in [-0.3, -0.25) is 14.2 Å². The number of hydrogen-bond donors (Lipinski definition) is 1. The Morgan fingerprint density at radius 3 is 2.65 bits per heavy atom. The van der Waals surface area contributed by atoms with Crippen LogP contribution in [0, 0.1) is 19.7 Å². The summed E-state index contributed by atoms with van der Waals surface area (Å²) in [5, 5.41) is 3.08. The summed E-state index contributed by atoms with van der Waals surface area (Å²) in [7, 11) is 1.62. The van der Waals surface area contributed by atoms with Crippen LogP contribution in [0.25, 0.3) is 21.5 Å². The molecule has 0 aliphatic heterocycles. The fourth-order valence-electron chi connectivity index (χ4n) is 2.97. The first-order chi connectivity index (χ1) is 14.8. The van der Waals surface area contributed by atoms with E-state index in [1.807, 2.05) is 31.2 Å². The molecule has 1 N–H and O–H groups in total. The predicted molar refractivity (Wildman–Crippen MR) is 123 cm³/mol. The van der Waals surface area contributed by atoms with Gasteiger partial charge in [-0.1, -0.05) is 47.7 Å². The van der Waals surface area contributed by atoms with Crippen LogP contribution in [0.1, 0.15) is 11.1 Å². The molecule has 0 aliphatic rings. The molecular weight excluding hydrogens is 435 g/mol. The number of thioether (sulfide) groups is 1. The molecule has 9 heteroatoms. The quantitative estimate of drug-likeness (QED) is 0.354. The third-order valence-corrected chi connectivity index (χ3v) is 6.63. The van der Waals surface area contributed by atoms with E-state index in [-0.39, 0.29) is 23.0 Å². The second kappa shape index (κ2) is 8.60. The van der Waals surface area contributed by atoms with Crippen LogP contribution in [0.15, 0.2) is 52.4 Å². The summed E-state index contributed by atoms with van der Waals surface area (Å²) >= 11 is 2.26. The van der Waals surface area contributed by atoms with Crippen molar-refractivity contribution in [3.63, 3.8) is 0 Å². The fourth-order valence-corrected chi connectivity index (χ4v) is 4.55. The number of aryl methyl sites for hydroxylation is 2. The van der Waals surface area contributed by atoms with Crippen LogP contribution in [0.3, 0.4) is 0 Å². The first-order valence-electron chi connectivity index (χ1n) is 9.45. The first kappa shape index (κ1) is 21.2. The lowest BCUT2D eigenvalue weighted by Crippen LogP contribution is -2.20. The zero-order chi connectivity index (χ0) is 22.1. The highest BCUT2D eigenvalue weighted by atomic mass is 32.2. The van der Waals surface area contributed by atoms with Gasteiger partial charge in [0.05, 0.1) is 5.75 Å². The molecule has 2 heterocycles. The summed E-state index contributed by atoms with van der Waals surface area (Å²) in [5.74, 6) is -0.669. The van der Waals surface area contributed by atoms with Crippen LogP contribution in [0.5, 0.6) is 0 Å². The molecule has 0 atom stereocenters. The molecule has 0 aliphatic carbocycles. The maximum atomic E-state index is 13.7. The summed E-state index contributed by atoms with van der Waals surface area (Å²) in [6.45, 7) is 3.66. The van der Waals surface area contributed by atoms with E-state index in [1.165, 1.54) is 10.6 Å². The normalized spacial score (nSPS) is 11.1. The summed E-state index contributed by atoms with van der Waals surface area (Å²) in [4.78, 5) is 29.8. The standard InChI is InChI=1S/C22H19FN4O2S2/c1-12-4-7-14(8-5-12)18-19-20(31-26-18)21(29)27(3)22(25-19)30-11-17(28)24-15-9-6-13(2)16(23)10-15/h4-10H,11H2,1-3H3,(H,24,28). The van der Waals surface area contributed by atoms with Gasteiger partial charge in [0.25, 0.3) is 5.56 Å². The smallest absolute Gasteiger partial charge is 0.273 e. The molecule has 0 saturated heterocycles.